The molecule has 0 radical (unpaired) electrons. The van der Waals surface area contributed by atoms with E-state index in [-0.39, 0.29) is 59.0 Å². The molecule has 0 saturated carbocycles. The molecule has 0 atom stereocenters. The lowest BCUT2D eigenvalue weighted by molar-refractivity contribution is 0.192. The molecular weight excluding hydrogens is 614 g/mol. The second-order valence-electron chi connectivity index (χ2n) is 10.5. The van der Waals surface area contributed by atoms with Gasteiger partial charge in [0.15, 0.2) is 28.2 Å². The second kappa shape index (κ2) is 13.8. The Bertz CT molecular complexity index is 1890. The third-order valence-corrected chi connectivity index (χ3v) is 8.53. The van der Waals surface area contributed by atoms with Gasteiger partial charge in [-0.3, -0.25) is 4.98 Å². The van der Waals surface area contributed by atoms with Crippen molar-refractivity contribution in [3.8, 4) is 46.0 Å². The fourth-order valence-electron chi connectivity index (χ4n) is 4.42. The van der Waals surface area contributed by atoms with Crippen LogP contribution in [-0.4, -0.2) is 80.4 Å². The third kappa shape index (κ3) is 6.72. The number of methoxy groups -OCH3 is 1. The van der Waals surface area contributed by atoms with Crippen LogP contribution in [0.5, 0.6) is 23.1 Å². The third-order valence-electron chi connectivity index (χ3n) is 6.65. The second-order valence-corrected chi connectivity index (χ2v) is 12.2. The number of H-pyrrole nitrogens is 1. The zero-order chi connectivity index (χ0) is 32.8. The van der Waals surface area contributed by atoms with Crippen molar-refractivity contribution in [3.63, 3.8) is 0 Å². The van der Waals surface area contributed by atoms with Gasteiger partial charge in [0, 0.05) is 24.0 Å². The monoisotopic (exact) mass is 647 g/mol. The number of rotatable bonds is 13. The van der Waals surface area contributed by atoms with Gasteiger partial charge in [-0.2, -0.15) is 18.6 Å². The highest BCUT2D eigenvalue weighted by Gasteiger charge is 2.35. The van der Waals surface area contributed by atoms with Crippen molar-refractivity contribution in [2.75, 3.05) is 24.6 Å². The normalized spacial score (nSPS) is 11.6. The molecule has 0 aliphatic carbocycles. The first-order valence-corrected chi connectivity index (χ1v) is 15.7. The van der Waals surface area contributed by atoms with Crippen LogP contribution in [0.15, 0.2) is 66.0 Å². The first-order valence-electron chi connectivity index (χ1n) is 14.3. The summed E-state index contributed by atoms with van der Waals surface area (Å²) in [6.07, 6.45) is 3.05. The number of benzene rings is 1. The van der Waals surface area contributed by atoms with Crippen molar-refractivity contribution in [3.05, 3.63) is 66.5 Å². The first-order chi connectivity index (χ1) is 22.1. The fraction of sp³-hybridized carbons (Fsp3) is 0.300. The maximum Gasteiger partial charge on any atom is 0.283 e. The van der Waals surface area contributed by atoms with Crippen molar-refractivity contribution >= 4 is 15.8 Å². The van der Waals surface area contributed by atoms with E-state index in [0.717, 1.165) is 9.87 Å². The molecule has 46 heavy (non-hydrogen) atoms. The number of pyridine rings is 2. The van der Waals surface area contributed by atoms with Gasteiger partial charge in [0.2, 0.25) is 11.6 Å². The predicted molar refractivity (Wildman–Crippen MR) is 167 cm³/mol. The number of anilines is 1. The summed E-state index contributed by atoms with van der Waals surface area (Å²) >= 11 is 0. The molecule has 1 aromatic carbocycles. The van der Waals surface area contributed by atoms with E-state index < -0.39 is 16.1 Å². The number of nitrogens with zero attached hydrogens (tertiary/aromatic N) is 8. The average molecular weight is 648 g/mol. The zero-order valence-corrected chi connectivity index (χ0v) is 26.6. The Morgan fingerprint density at radius 2 is 1.76 bits per heavy atom. The number of tetrazole rings is 1. The van der Waals surface area contributed by atoms with Crippen molar-refractivity contribution in [2.24, 2.45) is 0 Å². The predicted octanol–water partition coefficient (Wildman–Crippen LogP) is 4.01. The van der Waals surface area contributed by atoms with Gasteiger partial charge < -0.3 is 19.3 Å². The summed E-state index contributed by atoms with van der Waals surface area (Å²) in [5.41, 5.74) is 1.69. The first kappa shape index (κ1) is 32.2. The Hall–Kier alpha value is -5.22. The van der Waals surface area contributed by atoms with E-state index in [2.05, 4.69) is 35.6 Å². The zero-order valence-electron chi connectivity index (χ0n) is 25.8. The number of aromatic amines is 1. The van der Waals surface area contributed by atoms with Crippen molar-refractivity contribution in [2.45, 2.75) is 44.7 Å². The average Bonchev–Trinajstić information content (AvgIpc) is 3.60. The molecule has 0 amide bonds. The molecule has 0 aliphatic rings. The van der Waals surface area contributed by atoms with Crippen LogP contribution in [-0.2, 0) is 10.0 Å². The lowest BCUT2D eigenvalue weighted by Gasteiger charge is -2.29. The SMILES string of the molecule is COc1ccccc1Oc1c(OCCO)nc(-c2ccnc(-c3nn[nH]n3)c2)nc1N(C(C)C)S(=O)(=O)c1ccc(C(C)C)cn1. The summed E-state index contributed by atoms with van der Waals surface area (Å²) in [5, 5.41) is 23.4. The number of aliphatic hydroxyl groups is 1. The molecule has 15 nitrogen and oxygen atoms in total. The van der Waals surface area contributed by atoms with Crippen LogP contribution >= 0.6 is 0 Å². The van der Waals surface area contributed by atoms with Gasteiger partial charge in [-0.25, -0.2) is 14.3 Å². The van der Waals surface area contributed by atoms with Gasteiger partial charge in [-0.1, -0.05) is 32.0 Å². The van der Waals surface area contributed by atoms with Crippen LogP contribution in [0.4, 0.5) is 5.82 Å². The van der Waals surface area contributed by atoms with Gasteiger partial charge in [-0.05, 0) is 60.9 Å². The number of nitrogens with one attached hydrogen (secondary N) is 1. The maximum atomic E-state index is 14.4. The highest BCUT2D eigenvalue weighted by atomic mass is 32.2. The summed E-state index contributed by atoms with van der Waals surface area (Å²) in [5.74, 6) is 0.705. The highest BCUT2D eigenvalue weighted by Crippen LogP contribution is 2.44. The van der Waals surface area contributed by atoms with Gasteiger partial charge in [0.1, 0.15) is 12.3 Å². The molecule has 0 aliphatic heterocycles. The largest absolute Gasteiger partial charge is 0.493 e. The molecule has 0 fully saturated rings. The summed E-state index contributed by atoms with van der Waals surface area (Å²) in [4.78, 5) is 18.0. The highest BCUT2D eigenvalue weighted by molar-refractivity contribution is 7.92. The molecule has 16 heteroatoms. The summed E-state index contributed by atoms with van der Waals surface area (Å²) < 4.78 is 47.5. The molecule has 0 unspecified atom stereocenters. The van der Waals surface area contributed by atoms with Gasteiger partial charge in [0.05, 0.1) is 13.7 Å². The number of aliphatic hydroxyl groups excluding tert-OH is 1. The molecule has 0 bridgehead atoms. The maximum absolute atomic E-state index is 14.4. The molecular formula is C30H33N9O6S. The van der Waals surface area contributed by atoms with Crippen molar-refractivity contribution in [1.82, 2.24) is 40.6 Å². The Balaban J connectivity index is 1.76. The Morgan fingerprint density at radius 3 is 2.39 bits per heavy atom. The minimum absolute atomic E-state index is 0.0754. The van der Waals surface area contributed by atoms with Crippen LogP contribution < -0.4 is 18.5 Å². The topological polar surface area (TPSA) is 191 Å². The molecule has 5 aromatic rings. The lowest BCUT2D eigenvalue weighted by atomic mass is 10.1. The number of sulfonamides is 1. The van der Waals surface area contributed by atoms with Gasteiger partial charge in [0.25, 0.3) is 15.9 Å². The molecule has 0 saturated heterocycles. The van der Waals surface area contributed by atoms with Crippen LogP contribution in [0.3, 0.4) is 0 Å². The summed E-state index contributed by atoms with van der Waals surface area (Å²) in [6, 6.07) is 12.6. The van der Waals surface area contributed by atoms with E-state index in [9.17, 15) is 13.5 Å². The minimum atomic E-state index is -4.34. The number of hydrogen-bond acceptors (Lipinski definition) is 13. The molecule has 4 heterocycles. The quantitative estimate of drug-likeness (QED) is 0.186. The molecule has 240 valence electrons. The number of aromatic nitrogens is 8. The number of ether oxygens (including phenoxy) is 3. The molecule has 2 N–H and O–H groups in total. The van der Waals surface area contributed by atoms with E-state index in [1.54, 1.807) is 62.5 Å². The van der Waals surface area contributed by atoms with Gasteiger partial charge in [-0.15, -0.1) is 10.2 Å². The van der Waals surface area contributed by atoms with Gasteiger partial charge >= 0.3 is 0 Å². The van der Waals surface area contributed by atoms with Crippen LogP contribution in [0.25, 0.3) is 22.9 Å². The van der Waals surface area contributed by atoms with E-state index in [1.807, 2.05) is 13.8 Å². The minimum Gasteiger partial charge on any atom is -0.493 e. The summed E-state index contributed by atoms with van der Waals surface area (Å²) in [7, 11) is -2.85. The Morgan fingerprint density at radius 1 is 0.978 bits per heavy atom. The van der Waals surface area contributed by atoms with Crippen molar-refractivity contribution in [1.29, 1.82) is 0 Å². The molecule has 4 aromatic heterocycles. The van der Waals surface area contributed by atoms with E-state index >= 15 is 0 Å². The standard InChI is InChI=1S/C30H33N9O6S/c1-18(2)21-10-11-25(32-17-21)46(41,42)39(19(3)4)29-26(45-24-9-7-6-8-23(24)43-5)30(44-15-14-40)34-27(33-29)20-12-13-31-22(16-20)28-35-37-38-36-28/h6-13,16-19,40H,14-15H2,1-5H3,(H,35,36,37,38). The van der Waals surface area contributed by atoms with Crippen LogP contribution in [0, 0.1) is 0 Å². The van der Waals surface area contributed by atoms with E-state index in [4.69, 9.17) is 19.2 Å². The molecule has 0 spiro atoms. The Kier molecular flexibility index (Phi) is 9.67. The smallest absolute Gasteiger partial charge is 0.283 e. The fourth-order valence-corrected chi connectivity index (χ4v) is 5.96. The van der Waals surface area contributed by atoms with Crippen LogP contribution in [0.2, 0.25) is 0 Å². The van der Waals surface area contributed by atoms with E-state index in [1.165, 1.54) is 19.4 Å². The lowest BCUT2D eigenvalue weighted by Crippen LogP contribution is -2.38. The van der Waals surface area contributed by atoms with Crippen LogP contribution in [0.1, 0.15) is 39.2 Å². The molecule has 5 rings (SSSR count). The van der Waals surface area contributed by atoms with E-state index in [0.29, 0.717) is 17.0 Å². The number of hydrogen-bond donors (Lipinski definition) is 2. The number of para-hydroxylation sites is 2. The summed E-state index contributed by atoms with van der Waals surface area (Å²) in [6.45, 7) is 6.86. The van der Waals surface area contributed by atoms with Crippen molar-refractivity contribution < 1.29 is 27.7 Å². The Labute approximate surface area is 265 Å².